The van der Waals surface area contributed by atoms with Gasteiger partial charge in [-0.3, -0.25) is 9.59 Å². The smallest absolute Gasteiger partial charge is 0.257 e. The Balaban J connectivity index is 1.28. The minimum atomic E-state index is -0.895. The van der Waals surface area contributed by atoms with Gasteiger partial charge in [0.1, 0.15) is 11.1 Å². The van der Waals surface area contributed by atoms with Gasteiger partial charge in [-0.05, 0) is 83.9 Å². The Morgan fingerprint density at radius 2 is 0.880 bits per heavy atom. The second kappa shape index (κ2) is 12.4. The van der Waals surface area contributed by atoms with E-state index in [4.69, 9.17) is 46.4 Å². The number of fused-ring (bicyclic) bond motifs is 5. The lowest BCUT2D eigenvalue weighted by molar-refractivity contribution is 0.101. The maximum atomic E-state index is 13.4. The van der Waals surface area contributed by atoms with Gasteiger partial charge in [-0.2, -0.15) is 0 Å². The van der Waals surface area contributed by atoms with Gasteiger partial charge in [0.05, 0.1) is 21.2 Å². The van der Waals surface area contributed by atoms with Crippen LogP contribution in [0.1, 0.15) is 43.0 Å². The van der Waals surface area contributed by atoms with E-state index in [1.807, 2.05) is 72.8 Å². The minimum absolute atomic E-state index is 0.260. The minimum Gasteiger partial charge on any atom is -0.369 e. The molecule has 10 heteroatoms. The van der Waals surface area contributed by atoms with E-state index in [0.717, 1.165) is 33.6 Å². The summed E-state index contributed by atoms with van der Waals surface area (Å²) in [7, 11) is 0. The molecule has 0 fully saturated rings. The predicted octanol–water partition coefficient (Wildman–Crippen LogP) is 10.8. The number of nitrogens with one attached hydrogen (secondary N) is 4. The molecule has 0 aliphatic carbocycles. The summed E-state index contributed by atoms with van der Waals surface area (Å²) in [5, 5.41) is 15.3. The lowest BCUT2D eigenvalue weighted by Crippen LogP contribution is -2.51. The van der Waals surface area contributed by atoms with Crippen LogP contribution in [0.2, 0.25) is 20.1 Å². The van der Waals surface area contributed by atoms with E-state index in [1.165, 1.54) is 0 Å². The summed E-state index contributed by atoms with van der Waals surface area (Å²) in [4.78, 5) is 26.9. The summed E-state index contributed by atoms with van der Waals surface area (Å²) in [5.41, 5.74) is 5.59. The van der Waals surface area contributed by atoms with Crippen molar-refractivity contribution < 1.29 is 9.59 Å². The Kier molecular flexibility index (Phi) is 8.00. The van der Waals surface area contributed by atoms with Crippen LogP contribution in [-0.2, 0) is 11.1 Å². The zero-order valence-electron chi connectivity index (χ0n) is 26.0. The van der Waals surface area contributed by atoms with Crippen molar-refractivity contribution >= 4 is 81.0 Å². The quantitative estimate of drug-likeness (QED) is 0.137. The average molecular weight is 736 g/mol. The monoisotopic (exact) mass is 734 g/mol. The molecule has 0 bridgehead atoms. The number of carbonyl (C=O) groups excluding carboxylic acids is 2. The van der Waals surface area contributed by atoms with Crippen LogP contribution in [0.25, 0.3) is 0 Å². The van der Waals surface area contributed by atoms with Crippen molar-refractivity contribution in [3.05, 3.63) is 187 Å². The number of rotatable bonds is 6. The molecule has 2 amide bonds. The fourth-order valence-corrected chi connectivity index (χ4v) is 8.21. The molecule has 246 valence electrons. The number of carbonyl (C=O) groups is 2. The van der Waals surface area contributed by atoms with Gasteiger partial charge in [0.15, 0.2) is 0 Å². The molecule has 0 aromatic heterocycles. The highest BCUT2D eigenvalue weighted by atomic mass is 35.5. The van der Waals surface area contributed by atoms with Gasteiger partial charge < -0.3 is 21.3 Å². The van der Waals surface area contributed by atoms with Gasteiger partial charge >= 0.3 is 0 Å². The van der Waals surface area contributed by atoms with Crippen molar-refractivity contribution in [1.29, 1.82) is 0 Å². The SMILES string of the molecule is O=C(Nc1ccc2c(c1)C1(c3ccccc3)Nc3ccc(NC(=O)c4ccc(Cl)cc4Cl)cc3C1(c1ccccc1)N2)c1ccc(Cl)cc1Cl. The lowest BCUT2D eigenvalue weighted by atomic mass is 9.66. The van der Waals surface area contributed by atoms with E-state index in [1.54, 1.807) is 36.4 Å². The molecular weight excluding hydrogens is 710 g/mol. The van der Waals surface area contributed by atoms with E-state index in [0.29, 0.717) is 32.5 Å². The topological polar surface area (TPSA) is 82.3 Å². The molecule has 8 rings (SSSR count). The van der Waals surface area contributed by atoms with Gasteiger partial charge in [-0.15, -0.1) is 0 Å². The van der Waals surface area contributed by atoms with Crippen LogP contribution in [0.5, 0.6) is 0 Å². The third kappa shape index (κ3) is 5.10. The molecule has 0 spiro atoms. The molecule has 2 aliphatic heterocycles. The molecule has 2 atom stereocenters. The average Bonchev–Trinajstić information content (AvgIpc) is 3.56. The molecule has 6 nitrogen and oxygen atoms in total. The number of amides is 2. The van der Waals surface area contributed by atoms with Gasteiger partial charge in [-0.25, -0.2) is 0 Å². The summed E-state index contributed by atoms with van der Waals surface area (Å²) in [6, 6.07) is 41.6. The van der Waals surface area contributed by atoms with Crippen LogP contribution in [0.4, 0.5) is 22.7 Å². The highest BCUT2D eigenvalue weighted by Gasteiger charge is 2.65. The van der Waals surface area contributed by atoms with Crippen LogP contribution in [0.15, 0.2) is 133 Å². The second-order valence-corrected chi connectivity index (χ2v) is 13.8. The normalized spacial score (nSPS) is 18.2. The number of benzene rings is 6. The van der Waals surface area contributed by atoms with Gasteiger partial charge in [0, 0.05) is 43.9 Å². The van der Waals surface area contributed by atoms with E-state index in [9.17, 15) is 9.59 Å². The largest absolute Gasteiger partial charge is 0.369 e. The first kappa shape index (κ1) is 32.2. The summed E-state index contributed by atoms with van der Waals surface area (Å²) >= 11 is 24.9. The van der Waals surface area contributed by atoms with Crippen LogP contribution < -0.4 is 21.3 Å². The van der Waals surface area contributed by atoms with E-state index in [2.05, 4.69) is 45.5 Å². The summed E-state index contributed by atoms with van der Waals surface area (Å²) in [5.74, 6) is -0.714. The molecule has 6 aromatic carbocycles. The predicted molar refractivity (Wildman–Crippen MR) is 203 cm³/mol. The van der Waals surface area contributed by atoms with Gasteiger partial charge in [0.2, 0.25) is 0 Å². The third-order valence-electron chi connectivity index (χ3n) is 9.33. The van der Waals surface area contributed by atoms with Crippen LogP contribution in [0, 0.1) is 0 Å². The molecule has 2 aliphatic rings. The first-order valence-corrected chi connectivity index (χ1v) is 17.2. The number of hydrogen-bond donors (Lipinski definition) is 4. The van der Waals surface area contributed by atoms with Crippen molar-refractivity contribution in [2.24, 2.45) is 0 Å². The Bertz CT molecular complexity index is 2170. The Morgan fingerprint density at radius 3 is 1.26 bits per heavy atom. The summed E-state index contributed by atoms with van der Waals surface area (Å²) in [6.45, 7) is 0. The van der Waals surface area contributed by atoms with Gasteiger partial charge in [0.25, 0.3) is 11.8 Å². The maximum Gasteiger partial charge on any atom is 0.257 e. The molecule has 2 unspecified atom stereocenters. The van der Waals surface area contributed by atoms with Crippen molar-refractivity contribution in [2.45, 2.75) is 11.1 Å². The second-order valence-electron chi connectivity index (χ2n) is 12.2. The Morgan fingerprint density at radius 1 is 0.480 bits per heavy atom. The van der Waals surface area contributed by atoms with Crippen molar-refractivity contribution in [3.63, 3.8) is 0 Å². The summed E-state index contributed by atoms with van der Waals surface area (Å²) < 4.78 is 0. The van der Waals surface area contributed by atoms with Crippen LogP contribution in [-0.4, -0.2) is 11.8 Å². The highest BCUT2D eigenvalue weighted by molar-refractivity contribution is 6.38. The van der Waals surface area contributed by atoms with Crippen molar-refractivity contribution in [3.8, 4) is 0 Å². The molecular formula is C40H26Cl4N4O2. The Labute approximate surface area is 308 Å². The fraction of sp³-hybridized carbons (Fsp3) is 0.0500. The highest BCUT2D eigenvalue weighted by Crippen LogP contribution is 2.65. The zero-order valence-corrected chi connectivity index (χ0v) is 29.1. The number of hydrogen-bond acceptors (Lipinski definition) is 4. The first-order chi connectivity index (χ1) is 24.2. The van der Waals surface area contributed by atoms with E-state index in [-0.39, 0.29) is 21.9 Å². The first-order valence-electron chi connectivity index (χ1n) is 15.7. The molecule has 50 heavy (non-hydrogen) atoms. The zero-order chi connectivity index (χ0) is 34.6. The molecule has 2 heterocycles. The molecule has 0 saturated heterocycles. The van der Waals surface area contributed by atoms with Gasteiger partial charge in [-0.1, -0.05) is 107 Å². The Hall–Kier alpha value is -4.98. The van der Waals surface area contributed by atoms with Crippen LogP contribution >= 0.6 is 46.4 Å². The molecule has 6 aromatic rings. The van der Waals surface area contributed by atoms with Crippen LogP contribution in [0.3, 0.4) is 0 Å². The maximum absolute atomic E-state index is 13.4. The molecule has 0 radical (unpaired) electrons. The lowest BCUT2D eigenvalue weighted by Gasteiger charge is -2.42. The fourth-order valence-electron chi connectivity index (χ4n) is 7.22. The summed E-state index contributed by atoms with van der Waals surface area (Å²) in [6.07, 6.45) is 0. The molecule has 0 saturated carbocycles. The van der Waals surface area contributed by atoms with E-state index < -0.39 is 11.1 Å². The van der Waals surface area contributed by atoms with E-state index >= 15 is 0 Å². The standard InChI is InChI=1S/C40H26Cl4N4O2/c41-25-11-15-29(33(43)19-25)37(49)45-27-13-17-35-31(21-27)39(23-7-3-1-4-8-23)40(48-35,24-9-5-2-6-10-24)32-22-28(14-18-36(32)47-39)46-38(50)30-16-12-26(42)20-34(30)44/h1-22,47-48H,(H,45,49)(H,46,50). The third-order valence-corrected chi connectivity index (χ3v) is 10.4. The van der Waals surface area contributed by atoms with Crippen molar-refractivity contribution in [1.82, 2.24) is 0 Å². The number of anilines is 4. The molecule has 4 N–H and O–H groups in total. The van der Waals surface area contributed by atoms with Crippen molar-refractivity contribution in [2.75, 3.05) is 21.3 Å². The number of halogens is 4.